The molecule has 19 heavy (non-hydrogen) atoms. The van der Waals surface area contributed by atoms with E-state index in [0.29, 0.717) is 17.8 Å². The number of aliphatic hydroxyl groups is 1. The predicted molar refractivity (Wildman–Crippen MR) is 76.0 cm³/mol. The van der Waals surface area contributed by atoms with Crippen molar-refractivity contribution >= 4 is 11.6 Å². The van der Waals surface area contributed by atoms with Crippen molar-refractivity contribution < 1.29 is 9.90 Å². The second kappa shape index (κ2) is 5.21. The Hall–Kier alpha value is -1.55. The Morgan fingerprint density at radius 2 is 2.05 bits per heavy atom. The van der Waals surface area contributed by atoms with Crippen molar-refractivity contribution in [2.75, 3.05) is 19.3 Å². The van der Waals surface area contributed by atoms with E-state index in [0.717, 1.165) is 31.2 Å². The summed E-state index contributed by atoms with van der Waals surface area (Å²) in [6, 6.07) is 5.43. The van der Waals surface area contributed by atoms with Crippen LogP contribution in [-0.2, 0) is 0 Å². The molecule has 0 heterocycles. The molecule has 1 aliphatic carbocycles. The van der Waals surface area contributed by atoms with E-state index in [2.05, 4.69) is 0 Å². The molecule has 1 fully saturated rings. The lowest BCUT2D eigenvalue weighted by molar-refractivity contribution is 0.0157. The van der Waals surface area contributed by atoms with Crippen LogP contribution in [0.3, 0.4) is 0 Å². The molecule has 3 N–H and O–H groups in total. The van der Waals surface area contributed by atoms with E-state index in [4.69, 9.17) is 5.73 Å². The predicted octanol–water partition coefficient (Wildman–Crippen LogP) is 1.95. The van der Waals surface area contributed by atoms with Gasteiger partial charge >= 0.3 is 0 Å². The van der Waals surface area contributed by atoms with Crippen molar-refractivity contribution in [2.45, 2.75) is 38.2 Å². The van der Waals surface area contributed by atoms with Crippen LogP contribution in [0.5, 0.6) is 0 Å². The normalized spacial score (nSPS) is 17.4. The molecule has 104 valence electrons. The minimum Gasteiger partial charge on any atom is -0.398 e. The number of nitrogens with zero attached hydrogens (tertiary/aromatic N) is 1. The van der Waals surface area contributed by atoms with Gasteiger partial charge in [-0.3, -0.25) is 4.79 Å². The van der Waals surface area contributed by atoms with Crippen molar-refractivity contribution in [3.05, 3.63) is 29.3 Å². The lowest BCUT2D eigenvalue weighted by Gasteiger charge is -2.29. The Morgan fingerprint density at radius 3 is 2.68 bits per heavy atom. The quantitative estimate of drug-likeness (QED) is 0.818. The van der Waals surface area contributed by atoms with E-state index >= 15 is 0 Å². The first-order chi connectivity index (χ1) is 8.91. The maximum Gasteiger partial charge on any atom is 0.255 e. The number of nitrogen functional groups attached to an aromatic ring is 1. The molecule has 1 aromatic rings. The Balaban J connectivity index is 2.12. The minimum absolute atomic E-state index is 0.124. The van der Waals surface area contributed by atoms with E-state index in [1.54, 1.807) is 24.1 Å². The summed E-state index contributed by atoms with van der Waals surface area (Å²) >= 11 is 0. The maximum absolute atomic E-state index is 12.4. The van der Waals surface area contributed by atoms with Gasteiger partial charge in [0.15, 0.2) is 0 Å². The Morgan fingerprint density at radius 1 is 1.42 bits per heavy atom. The summed E-state index contributed by atoms with van der Waals surface area (Å²) in [5.74, 6) is -0.124. The number of likely N-dealkylation sites (N-methyl/N-ethyl adjacent to an activating group) is 1. The molecule has 0 spiro atoms. The van der Waals surface area contributed by atoms with Crippen LogP contribution in [0.2, 0.25) is 0 Å². The molecule has 0 aromatic heterocycles. The van der Waals surface area contributed by atoms with E-state index in [1.165, 1.54) is 0 Å². The molecule has 0 saturated heterocycles. The summed E-state index contributed by atoms with van der Waals surface area (Å²) < 4.78 is 0. The number of carbonyl (C=O) groups is 1. The molecule has 4 nitrogen and oxygen atoms in total. The zero-order valence-electron chi connectivity index (χ0n) is 11.6. The number of anilines is 1. The zero-order valence-corrected chi connectivity index (χ0v) is 11.6. The number of hydrogen-bond acceptors (Lipinski definition) is 3. The Bertz CT molecular complexity index is 479. The average molecular weight is 262 g/mol. The van der Waals surface area contributed by atoms with E-state index < -0.39 is 5.60 Å². The third-order valence-electron chi connectivity index (χ3n) is 3.85. The van der Waals surface area contributed by atoms with Gasteiger partial charge in [-0.25, -0.2) is 0 Å². The highest BCUT2D eigenvalue weighted by Crippen LogP contribution is 2.30. The SMILES string of the molecule is Cc1ccc(N)c(C(=O)N(C)CC2(O)CCCC2)c1. The summed E-state index contributed by atoms with van der Waals surface area (Å²) in [6.07, 6.45) is 3.61. The molecule has 0 radical (unpaired) electrons. The lowest BCUT2D eigenvalue weighted by atomic mass is 10.0. The first-order valence-electron chi connectivity index (χ1n) is 6.75. The van der Waals surface area contributed by atoms with Gasteiger partial charge in [0.25, 0.3) is 5.91 Å². The van der Waals surface area contributed by atoms with Crippen molar-refractivity contribution in [3.8, 4) is 0 Å². The molecule has 1 saturated carbocycles. The first kappa shape index (κ1) is 13.9. The minimum atomic E-state index is -0.719. The second-order valence-corrected chi connectivity index (χ2v) is 5.68. The number of carbonyl (C=O) groups excluding carboxylic acids is 1. The number of nitrogens with two attached hydrogens (primary N) is 1. The summed E-state index contributed by atoms with van der Waals surface area (Å²) in [5, 5.41) is 10.4. The van der Waals surface area contributed by atoms with E-state index in [9.17, 15) is 9.90 Å². The summed E-state index contributed by atoms with van der Waals surface area (Å²) in [6.45, 7) is 2.31. The fourth-order valence-electron chi connectivity index (χ4n) is 2.77. The van der Waals surface area contributed by atoms with Gasteiger partial charge in [-0.05, 0) is 31.9 Å². The fraction of sp³-hybridized carbons (Fsp3) is 0.533. The Kier molecular flexibility index (Phi) is 3.80. The van der Waals surface area contributed by atoms with E-state index in [1.807, 2.05) is 13.0 Å². The monoisotopic (exact) mass is 262 g/mol. The summed E-state index contributed by atoms with van der Waals surface area (Å²) in [4.78, 5) is 14.0. The van der Waals surface area contributed by atoms with Gasteiger partial charge in [0.2, 0.25) is 0 Å². The van der Waals surface area contributed by atoms with Gasteiger partial charge in [-0.15, -0.1) is 0 Å². The van der Waals surface area contributed by atoms with Gasteiger partial charge in [0, 0.05) is 19.3 Å². The number of benzene rings is 1. The number of aryl methyl sites for hydroxylation is 1. The largest absolute Gasteiger partial charge is 0.398 e. The molecule has 2 rings (SSSR count). The third kappa shape index (κ3) is 3.07. The molecule has 0 bridgehead atoms. The summed E-state index contributed by atoms with van der Waals surface area (Å²) in [5.41, 5.74) is 7.15. The van der Waals surface area contributed by atoms with Crippen molar-refractivity contribution in [3.63, 3.8) is 0 Å². The second-order valence-electron chi connectivity index (χ2n) is 5.68. The highest BCUT2D eigenvalue weighted by atomic mass is 16.3. The molecule has 0 aliphatic heterocycles. The third-order valence-corrected chi connectivity index (χ3v) is 3.85. The molecule has 0 unspecified atom stereocenters. The van der Waals surface area contributed by atoms with Crippen molar-refractivity contribution in [2.24, 2.45) is 0 Å². The standard InChI is InChI=1S/C15H22N2O2/c1-11-5-6-13(16)12(9-11)14(18)17(2)10-15(19)7-3-4-8-15/h5-6,9,19H,3-4,7-8,10,16H2,1-2H3. The molecule has 1 aliphatic rings. The number of rotatable bonds is 3. The fourth-order valence-corrected chi connectivity index (χ4v) is 2.77. The van der Waals surface area contributed by atoms with Crippen molar-refractivity contribution in [1.82, 2.24) is 4.90 Å². The van der Waals surface area contributed by atoms with Gasteiger partial charge in [-0.2, -0.15) is 0 Å². The Labute approximate surface area is 114 Å². The van der Waals surface area contributed by atoms with Crippen LogP contribution < -0.4 is 5.73 Å². The van der Waals surface area contributed by atoms with E-state index in [-0.39, 0.29) is 5.91 Å². The molecule has 1 aromatic carbocycles. The van der Waals surface area contributed by atoms with Crippen LogP contribution in [0.15, 0.2) is 18.2 Å². The zero-order chi connectivity index (χ0) is 14.0. The maximum atomic E-state index is 12.4. The van der Waals surface area contributed by atoms with Gasteiger partial charge in [0.05, 0.1) is 11.2 Å². The van der Waals surface area contributed by atoms with Gasteiger partial charge < -0.3 is 15.7 Å². The molecule has 1 amide bonds. The molecular weight excluding hydrogens is 240 g/mol. The highest BCUT2D eigenvalue weighted by Gasteiger charge is 2.33. The van der Waals surface area contributed by atoms with Crippen LogP contribution in [0, 0.1) is 6.92 Å². The smallest absolute Gasteiger partial charge is 0.255 e. The van der Waals surface area contributed by atoms with Gasteiger partial charge in [-0.1, -0.05) is 24.5 Å². The first-order valence-corrected chi connectivity index (χ1v) is 6.75. The number of hydrogen-bond donors (Lipinski definition) is 2. The lowest BCUT2D eigenvalue weighted by Crippen LogP contribution is -2.42. The number of amides is 1. The van der Waals surface area contributed by atoms with Gasteiger partial charge in [0.1, 0.15) is 0 Å². The van der Waals surface area contributed by atoms with Crippen LogP contribution in [0.1, 0.15) is 41.6 Å². The van der Waals surface area contributed by atoms with Crippen LogP contribution in [0.4, 0.5) is 5.69 Å². The topological polar surface area (TPSA) is 66.6 Å². The molecule has 4 heteroatoms. The molecule has 0 atom stereocenters. The summed E-state index contributed by atoms with van der Waals surface area (Å²) in [7, 11) is 1.72. The van der Waals surface area contributed by atoms with Crippen LogP contribution >= 0.6 is 0 Å². The highest BCUT2D eigenvalue weighted by molar-refractivity contribution is 5.99. The average Bonchev–Trinajstić information content (AvgIpc) is 2.78. The molecular formula is C15H22N2O2. The van der Waals surface area contributed by atoms with Crippen LogP contribution in [0.25, 0.3) is 0 Å². The van der Waals surface area contributed by atoms with Crippen molar-refractivity contribution in [1.29, 1.82) is 0 Å². The van der Waals surface area contributed by atoms with Crippen LogP contribution in [-0.4, -0.2) is 35.1 Å².